The number of fused-ring (bicyclic) bond motifs is 1. The first-order valence-electron chi connectivity index (χ1n) is 7.01. The van der Waals surface area contributed by atoms with Crippen molar-refractivity contribution in [3.63, 3.8) is 0 Å². The molecule has 6 nitrogen and oxygen atoms in total. The zero-order chi connectivity index (χ0) is 16.1. The van der Waals surface area contributed by atoms with Crippen LogP contribution in [0.5, 0.6) is 0 Å². The van der Waals surface area contributed by atoms with E-state index in [1.54, 1.807) is 18.2 Å². The second-order valence-corrected chi connectivity index (χ2v) is 5.08. The van der Waals surface area contributed by atoms with Crippen molar-refractivity contribution in [2.75, 3.05) is 20.3 Å². The first-order valence-corrected chi connectivity index (χ1v) is 7.42. The molecule has 0 aliphatic heterocycles. The monoisotopic (exact) mass is 322 g/mol. The summed E-state index contributed by atoms with van der Waals surface area (Å²) in [5.41, 5.74) is 0.722. The predicted molar refractivity (Wildman–Crippen MR) is 85.8 cm³/mol. The summed E-state index contributed by atoms with van der Waals surface area (Å²) in [5, 5.41) is 0.484. The van der Waals surface area contributed by atoms with Crippen LogP contribution >= 0.6 is 12.2 Å². The van der Waals surface area contributed by atoms with Gasteiger partial charge >= 0.3 is 5.97 Å². The molecule has 0 saturated heterocycles. The van der Waals surface area contributed by atoms with Gasteiger partial charge in [0.1, 0.15) is 0 Å². The molecule has 118 valence electrons. The summed E-state index contributed by atoms with van der Waals surface area (Å²) in [7, 11) is 1.31. The Morgan fingerprint density at radius 1 is 1.41 bits per heavy atom. The minimum absolute atomic E-state index is 0.174. The van der Waals surface area contributed by atoms with Gasteiger partial charge in [0.15, 0.2) is 4.77 Å². The number of methoxy groups -OCH3 is 1. The third kappa shape index (κ3) is 3.42. The molecular formula is C15H18N2O4S. The summed E-state index contributed by atoms with van der Waals surface area (Å²) in [6.07, 6.45) is 0.705. The fraction of sp³-hybridized carbons (Fsp3) is 0.400. The third-order valence-electron chi connectivity index (χ3n) is 3.28. The van der Waals surface area contributed by atoms with Crippen molar-refractivity contribution in [2.45, 2.75) is 19.9 Å². The molecule has 1 heterocycles. The molecular weight excluding hydrogens is 304 g/mol. The van der Waals surface area contributed by atoms with Crippen LogP contribution in [0.1, 0.15) is 23.7 Å². The van der Waals surface area contributed by atoms with Gasteiger partial charge in [-0.25, -0.2) is 4.79 Å². The number of H-pyrrole nitrogens is 1. The highest BCUT2D eigenvalue weighted by atomic mass is 32.1. The van der Waals surface area contributed by atoms with Crippen LogP contribution in [0.25, 0.3) is 10.9 Å². The van der Waals surface area contributed by atoms with E-state index in [1.165, 1.54) is 11.7 Å². The van der Waals surface area contributed by atoms with Crippen molar-refractivity contribution in [3.8, 4) is 0 Å². The van der Waals surface area contributed by atoms with Crippen molar-refractivity contribution in [2.24, 2.45) is 0 Å². The topological polar surface area (TPSA) is 73.3 Å². The maximum atomic E-state index is 12.5. The molecule has 1 aromatic heterocycles. The minimum Gasteiger partial charge on any atom is -0.465 e. The van der Waals surface area contributed by atoms with Gasteiger partial charge in [-0.2, -0.15) is 0 Å². The number of aromatic amines is 1. The number of carbonyl (C=O) groups is 1. The Morgan fingerprint density at radius 2 is 2.18 bits per heavy atom. The van der Waals surface area contributed by atoms with Gasteiger partial charge in [-0.3, -0.25) is 9.36 Å². The molecule has 0 unspecified atom stereocenters. The number of nitrogens with one attached hydrogen (secondary N) is 1. The zero-order valence-electron chi connectivity index (χ0n) is 12.5. The standard InChI is InChI=1S/C15H18N2O4S/c1-3-21-8-4-7-17-13(18)11-6-5-10(14(19)20-2)9-12(11)16-15(17)22/h5-6,9H,3-4,7-8H2,1-2H3,(H,16,22). The Hall–Kier alpha value is -1.99. The van der Waals surface area contributed by atoms with Gasteiger partial charge in [-0.05, 0) is 43.8 Å². The van der Waals surface area contributed by atoms with E-state index >= 15 is 0 Å². The maximum absolute atomic E-state index is 12.5. The molecule has 0 bridgehead atoms. The van der Waals surface area contributed by atoms with Gasteiger partial charge in [-0.1, -0.05) is 0 Å². The van der Waals surface area contributed by atoms with Crippen molar-refractivity contribution < 1.29 is 14.3 Å². The van der Waals surface area contributed by atoms with Gasteiger partial charge in [0, 0.05) is 19.8 Å². The van der Waals surface area contributed by atoms with E-state index in [9.17, 15) is 9.59 Å². The van der Waals surface area contributed by atoms with Crippen LogP contribution < -0.4 is 5.56 Å². The molecule has 2 aromatic rings. The Bertz CT molecular complexity index is 794. The average molecular weight is 322 g/mol. The minimum atomic E-state index is -0.456. The highest BCUT2D eigenvalue weighted by molar-refractivity contribution is 7.71. The molecule has 1 aromatic carbocycles. The van der Waals surface area contributed by atoms with Gasteiger partial charge in [-0.15, -0.1) is 0 Å². The smallest absolute Gasteiger partial charge is 0.337 e. The fourth-order valence-corrected chi connectivity index (χ4v) is 2.46. The van der Waals surface area contributed by atoms with Crippen molar-refractivity contribution in [1.29, 1.82) is 0 Å². The van der Waals surface area contributed by atoms with Crippen LogP contribution in [-0.2, 0) is 16.0 Å². The largest absolute Gasteiger partial charge is 0.465 e. The fourth-order valence-electron chi connectivity index (χ4n) is 2.17. The van der Waals surface area contributed by atoms with Crippen LogP contribution in [0.15, 0.2) is 23.0 Å². The molecule has 0 atom stereocenters. The Labute approximate surface area is 132 Å². The second kappa shape index (κ2) is 7.33. The SMILES string of the molecule is CCOCCCn1c(=S)[nH]c2cc(C(=O)OC)ccc2c1=O. The van der Waals surface area contributed by atoms with Crippen LogP contribution in [0.2, 0.25) is 0 Å². The molecule has 7 heteroatoms. The summed E-state index contributed by atoms with van der Waals surface area (Å²) in [6.45, 7) is 3.64. The Balaban J connectivity index is 2.39. The molecule has 0 amide bonds. The highest BCUT2D eigenvalue weighted by Gasteiger charge is 2.10. The summed E-state index contributed by atoms with van der Waals surface area (Å²) in [6, 6.07) is 4.74. The predicted octanol–water partition coefficient (Wildman–Crippen LogP) is 2.27. The molecule has 0 aliphatic carbocycles. The van der Waals surface area contributed by atoms with Gasteiger partial charge < -0.3 is 14.5 Å². The van der Waals surface area contributed by atoms with E-state index in [0.717, 1.165) is 0 Å². The van der Waals surface area contributed by atoms with E-state index in [4.69, 9.17) is 17.0 Å². The number of benzene rings is 1. The normalized spacial score (nSPS) is 10.8. The van der Waals surface area contributed by atoms with E-state index in [-0.39, 0.29) is 5.56 Å². The molecule has 0 saturated carbocycles. The molecule has 0 aliphatic rings. The molecule has 22 heavy (non-hydrogen) atoms. The van der Waals surface area contributed by atoms with Crippen LogP contribution in [-0.4, -0.2) is 35.8 Å². The molecule has 0 spiro atoms. The van der Waals surface area contributed by atoms with E-state index < -0.39 is 5.97 Å². The number of nitrogens with zero attached hydrogens (tertiary/aromatic N) is 1. The number of ether oxygens (including phenoxy) is 2. The molecule has 0 fully saturated rings. The van der Waals surface area contributed by atoms with Gasteiger partial charge in [0.05, 0.1) is 23.6 Å². The van der Waals surface area contributed by atoms with E-state index in [0.29, 0.717) is 47.4 Å². The summed E-state index contributed by atoms with van der Waals surface area (Å²) in [4.78, 5) is 27.0. The van der Waals surface area contributed by atoms with E-state index in [1.807, 2.05) is 6.92 Å². The molecule has 0 radical (unpaired) electrons. The number of carbonyl (C=O) groups excluding carboxylic acids is 1. The van der Waals surface area contributed by atoms with Crippen molar-refractivity contribution in [1.82, 2.24) is 9.55 Å². The van der Waals surface area contributed by atoms with E-state index in [2.05, 4.69) is 9.72 Å². The first kappa shape index (κ1) is 16.4. The lowest BCUT2D eigenvalue weighted by Crippen LogP contribution is -2.23. The lowest BCUT2D eigenvalue weighted by Gasteiger charge is -2.09. The lowest BCUT2D eigenvalue weighted by atomic mass is 10.1. The lowest BCUT2D eigenvalue weighted by molar-refractivity contribution is 0.0601. The van der Waals surface area contributed by atoms with Crippen LogP contribution in [0, 0.1) is 4.77 Å². The Morgan fingerprint density at radius 3 is 2.86 bits per heavy atom. The van der Waals surface area contributed by atoms with Crippen LogP contribution in [0.3, 0.4) is 0 Å². The van der Waals surface area contributed by atoms with Crippen molar-refractivity contribution >= 4 is 29.1 Å². The number of esters is 1. The first-order chi connectivity index (χ1) is 10.6. The third-order valence-corrected chi connectivity index (χ3v) is 3.60. The zero-order valence-corrected chi connectivity index (χ0v) is 13.4. The summed E-state index contributed by atoms with van der Waals surface area (Å²) in [5.74, 6) is -0.456. The maximum Gasteiger partial charge on any atom is 0.337 e. The second-order valence-electron chi connectivity index (χ2n) is 4.69. The van der Waals surface area contributed by atoms with Crippen LogP contribution in [0.4, 0.5) is 0 Å². The van der Waals surface area contributed by atoms with Gasteiger partial charge in [0.25, 0.3) is 5.56 Å². The summed E-state index contributed by atoms with van der Waals surface area (Å²) >= 11 is 5.23. The number of hydrogen-bond acceptors (Lipinski definition) is 5. The quantitative estimate of drug-likeness (QED) is 0.502. The van der Waals surface area contributed by atoms with Crippen molar-refractivity contribution in [3.05, 3.63) is 38.9 Å². The molecule has 2 rings (SSSR count). The summed E-state index contributed by atoms with van der Waals surface area (Å²) < 4.78 is 11.8. The number of aromatic nitrogens is 2. The molecule has 1 N–H and O–H groups in total. The Kier molecular flexibility index (Phi) is 5.46. The number of hydrogen-bond donors (Lipinski definition) is 1. The van der Waals surface area contributed by atoms with Gasteiger partial charge in [0.2, 0.25) is 0 Å². The highest BCUT2D eigenvalue weighted by Crippen LogP contribution is 2.11. The number of rotatable bonds is 6. The average Bonchev–Trinajstić information content (AvgIpc) is 2.52.